The van der Waals surface area contributed by atoms with Crippen molar-refractivity contribution in [2.75, 3.05) is 0 Å². The first kappa shape index (κ1) is 13.1. The number of rotatable bonds is 2. The molecule has 114 valence electrons. The van der Waals surface area contributed by atoms with E-state index in [1.165, 1.54) is 10.8 Å². The van der Waals surface area contributed by atoms with Crippen molar-refractivity contribution in [2.24, 2.45) is 0 Å². The summed E-state index contributed by atoms with van der Waals surface area (Å²) in [5, 5.41) is 2.39. The van der Waals surface area contributed by atoms with Crippen molar-refractivity contribution in [3.05, 3.63) is 85.5 Å². The van der Waals surface area contributed by atoms with E-state index in [9.17, 15) is 0 Å². The molecule has 0 aliphatic rings. The molecule has 24 heavy (non-hydrogen) atoms. The van der Waals surface area contributed by atoms with Crippen LogP contribution in [0.3, 0.4) is 0 Å². The van der Waals surface area contributed by atoms with Crippen molar-refractivity contribution < 1.29 is 0 Å². The molecule has 2 aromatic carbocycles. The monoisotopic (exact) mass is 310 g/mol. The van der Waals surface area contributed by atoms with Gasteiger partial charge in [0.25, 0.3) is 0 Å². The Morgan fingerprint density at radius 2 is 1.00 bits per heavy atom. The molecule has 5 rings (SSSR count). The molecule has 3 heterocycles. The van der Waals surface area contributed by atoms with Crippen LogP contribution in [-0.4, -0.2) is 19.1 Å². The van der Waals surface area contributed by atoms with E-state index < -0.39 is 0 Å². The van der Waals surface area contributed by atoms with Crippen LogP contribution in [0.25, 0.3) is 33.4 Å². The fraction of sp³-hybridized carbons (Fsp3) is 0. The summed E-state index contributed by atoms with van der Waals surface area (Å²) in [6.07, 6.45) is 7.69. The zero-order valence-electron chi connectivity index (χ0n) is 12.9. The second kappa shape index (κ2) is 5.06. The molecule has 0 bridgehead atoms. The maximum absolute atomic E-state index is 4.61. The zero-order valence-corrected chi connectivity index (χ0v) is 12.9. The number of para-hydroxylation sites is 2. The van der Waals surface area contributed by atoms with Gasteiger partial charge in [0.15, 0.2) is 11.6 Å². The summed E-state index contributed by atoms with van der Waals surface area (Å²) in [6, 6.07) is 20.7. The summed E-state index contributed by atoms with van der Waals surface area (Å²) in [6.45, 7) is 0. The molecule has 4 nitrogen and oxygen atoms in total. The molecule has 0 radical (unpaired) electrons. The van der Waals surface area contributed by atoms with Crippen molar-refractivity contribution in [3.63, 3.8) is 0 Å². The van der Waals surface area contributed by atoms with Gasteiger partial charge in [-0.2, -0.15) is 0 Å². The molecule has 0 aliphatic carbocycles. The minimum absolute atomic E-state index is 0.816. The van der Waals surface area contributed by atoms with Gasteiger partial charge in [-0.1, -0.05) is 36.4 Å². The van der Waals surface area contributed by atoms with E-state index in [1.54, 1.807) is 0 Å². The Bertz CT molecular complexity index is 1060. The van der Waals surface area contributed by atoms with Crippen LogP contribution in [0.1, 0.15) is 0 Å². The van der Waals surface area contributed by atoms with Crippen LogP contribution >= 0.6 is 0 Å². The molecular weight excluding hydrogens is 296 g/mol. The van der Waals surface area contributed by atoms with Crippen LogP contribution in [0.4, 0.5) is 0 Å². The van der Waals surface area contributed by atoms with Crippen LogP contribution in [0, 0.1) is 0 Å². The third-order valence-corrected chi connectivity index (χ3v) is 4.32. The lowest BCUT2D eigenvalue weighted by molar-refractivity contribution is 0.961. The van der Waals surface area contributed by atoms with Crippen LogP contribution in [0.2, 0.25) is 0 Å². The number of nitrogens with zero attached hydrogens (tertiary/aromatic N) is 4. The predicted molar refractivity (Wildman–Crippen MR) is 95.7 cm³/mol. The summed E-state index contributed by atoms with van der Waals surface area (Å²) in [7, 11) is 0. The minimum Gasteiger partial charge on any atom is -0.300 e. The van der Waals surface area contributed by atoms with E-state index >= 15 is 0 Å². The second-order valence-corrected chi connectivity index (χ2v) is 5.72. The SMILES string of the molecule is c1ccc2c(c1)ccn2-c1cnc(-n2ccc3ccccc32)cn1. The van der Waals surface area contributed by atoms with Gasteiger partial charge in [-0.3, -0.25) is 9.13 Å². The summed E-state index contributed by atoms with van der Waals surface area (Å²) in [5.41, 5.74) is 2.26. The number of aromatic nitrogens is 4. The van der Waals surface area contributed by atoms with E-state index in [2.05, 4.69) is 55.5 Å². The number of hydrogen-bond donors (Lipinski definition) is 0. The fourth-order valence-corrected chi connectivity index (χ4v) is 3.13. The van der Waals surface area contributed by atoms with E-state index in [1.807, 2.05) is 49.1 Å². The van der Waals surface area contributed by atoms with E-state index in [-0.39, 0.29) is 0 Å². The Morgan fingerprint density at radius 3 is 1.46 bits per heavy atom. The average molecular weight is 310 g/mol. The van der Waals surface area contributed by atoms with Crippen LogP contribution in [0.5, 0.6) is 0 Å². The maximum atomic E-state index is 4.61. The molecule has 0 saturated carbocycles. The van der Waals surface area contributed by atoms with Gasteiger partial charge in [-0.25, -0.2) is 9.97 Å². The standard InChI is InChI=1S/C20H14N4/c1-3-7-17-15(5-1)9-11-23(17)19-13-22-20(14-21-19)24-12-10-16-6-2-4-8-18(16)24/h1-14H. The van der Waals surface area contributed by atoms with Crippen LogP contribution in [0.15, 0.2) is 85.5 Å². The van der Waals surface area contributed by atoms with Crippen molar-refractivity contribution in [1.82, 2.24) is 19.1 Å². The van der Waals surface area contributed by atoms with E-state index in [0.717, 1.165) is 22.7 Å². The van der Waals surface area contributed by atoms with Gasteiger partial charge in [0.2, 0.25) is 0 Å². The third-order valence-electron chi connectivity index (χ3n) is 4.32. The lowest BCUT2D eigenvalue weighted by Gasteiger charge is -2.07. The molecule has 0 atom stereocenters. The summed E-state index contributed by atoms with van der Waals surface area (Å²) >= 11 is 0. The molecule has 0 N–H and O–H groups in total. The van der Waals surface area contributed by atoms with Gasteiger partial charge in [-0.05, 0) is 35.0 Å². The van der Waals surface area contributed by atoms with Gasteiger partial charge >= 0.3 is 0 Å². The molecule has 0 unspecified atom stereocenters. The van der Waals surface area contributed by atoms with Crippen molar-refractivity contribution in [1.29, 1.82) is 0 Å². The molecule has 4 heteroatoms. The Hall–Kier alpha value is -3.40. The Morgan fingerprint density at radius 1 is 0.542 bits per heavy atom. The van der Waals surface area contributed by atoms with Crippen molar-refractivity contribution >= 4 is 21.8 Å². The fourth-order valence-electron chi connectivity index (χ4n) is 3.13. The molecule has 0 saturated heterocycles. The number of fused-ring (bicyclic) bond motifs is 2. The molecular formula is C20H14N4. The smallest absolute Gasteiger partial charge is 0.155 e. The minimum atomic E-state index is 0.816. The van der Waals surface area contributed by atoms with Crippen LogP contribution < -0.4 is 0 Å². The first-order valence-corrected chi connectivity index (χ1v) is 7.85. The molecule has 0 spiro atoms. The van der Waals surface area contributed by atoms with Gasteiger partial charge in [-0.15, -0.1) is 0 Å². The molecule has 0 amide bonds. The zero-order chi connectivity index (χ0) is 15.9. The van der Waals surface area contributed by atoms with Crippen LogP contribution in [-0.2, 0) is 0 Å². The molecule has 0 fully saturated rings. The first-order chi connectivity index (χ1) is 11.9. The summed E-state index contributed by atoms with van der Waals surface area (Å²) in [5.74, 6) is 1.63. The summed E-state index contributed by atoms with van der Waals surface area (Å²) in [4.78, 5) is 9.23. The van der Waals surface area contributed by atoms with Gasteiger partial charge in [0.1, 0.15) is 0 Å². The van der Waals surface area contributed by atoms with Gasteiger partial charge in [0, 0.05) is 12.4 Å². The molecule has 0 aliphatic heterocycles. The lowest BCUT2D eigenvalue weighted by atomic mass is 10.2. The normalized spacial score (nSPS) is 11.3. The van der Waals surface area contributed by atoms with Gasteiger partial charge < -0.3 is 0 Å². The maximum Gasteiger partial charge on any atom is 0.155 e. The van der Waals surface area contributed by atoms with E-state index in [4.69, 9.17) is 0 Å². The third kappa shape index (κ3) is 1.93. The molecule has 5 aromatic rings. The van der Waals surface area contributed by atoms with Gasteiger partial charge in [0.05, 0.1) is 23.4 Å². The lowest BCUT2D eigenvalue weighted by Crippen LogP contribution is -2.01. The topological polar surface area (TPSA) is 35.6 Å². The largest absolute Gasteiger partial charge is 0.300 e. The highest BCUT2D eigenvalue weighted by Gasteiger charge is 2.07. The Kier molecular flexibility index (Phi) is 2.76. The molecule has 3 aromatic heterocycles. The quantitative estimate of drug-likeness (QED) is 0.485. The number of benzene rings is 2. The second-order valence-electron chi connectivity index (χ2n) is 5.72. The highest BCUT2D eigenvalue weighted by Crippen LogP contribution is 2.21. The number of hydrogen-bond acceptors (Lipinski definition) is 2. The highest BCUT2D eigenvalue weighted by molar-refractivity contribution is 5.82. The Balaban J connectivity index is 1.60. The van der Waals surface area contributed by atoms with E-state index in [0.29, 0.717) is 0 Å². The first-order valence-electron chi connectivity index (χ1n) is 7.85. The average Bonchev–Trinajstić information content (AvgIpc) is 3.26. The van der Waals surface area contributed by atoms with Crippen molar-refractivity contribution in [3.8, 4) is 11.6 Å². The predicted octanol–water partition coefficient (Wildman–Crippen LogP) is 4.36. The Labute approximate surface area is 138 Å². The van der Waals surface area contributed by atoms with Crippen molar-refractivity contribution in [2.45, 2.75) is 0 Å². The summed E-state index contributed by atoms with van der Waals surface area (Å²) < 4.78 is 4.11. The highest BCUT2D eigenvalue weighted by atomic mass is 15.1.